The van der Waals surface area contributed by atoms with E-state index in [1.165, 1.54) is 4.31 Å². The second-order valence-corrected chi connectivity index (χ2v) is 10.7. The van der Waals surface area contributed by atoms with Crippen LogP contribution in [0.15, 0.2) is 53.4 Å². The first-order valence-corrected chi connectivity index (χ1v) is 13.0. The van der Waals surface area contributed by atoms with E-state index in [4.69, 9.17) is 0 Å². The number of likely N-dealkylation sites (N-methyl/N-ethyl adjacent to an activating group) is 1. The molecule has 1 amide bonds. The molecule has 0 saturated carbocycles. The van der Waals surface area contributed by atoms with Crippen LogP contribution in [0.2, 0.25) is 0 Å². The molecule has 0 bridgehead atoms. The van der Waals surface area contributed by atoms with E-state index < -0.39 is 10.0 Å². The largest absolute Gasteiger partial charge is 0.356 e. The number of rotatable bonds is 10. The lowest BCUT2D eigenvalue weighted by Crippen LogP contribution is -2.45. The Morgan fingerprint density at radius 2 is 1.52 bits per heavy atom. The minimum absolute atomic E-state index is 0.0869. The average molecular weight is 473 g/mol. The Kier molecular flexibility index (Phi) is 8.88. The van der Waals surface area contributed by atoms with Crippen molar-refractivity contribution in [1.82, 2.24) is 15.1 Å². The number of carbonyl (C=O) groups is 1. The molecule has 0 aromatic heterocycles. The molecule has 0 radical (unpaired) electrons. The van der Waals surface area contributed by atoms with Gasteiger partial charge in [-0.3, -0.25) is 9.10 Å². The maximum Gasteiger partial charge on any atom is 0.264 e. The predicted molar refractivity (Wildman–Crippen MR) is 133 cm³/mol. The van der Waals surface area contributed by atoms with Gasteiger partial charge < -0.3 is 15.1 Å². The number of nitrogens with zero attached hydrogens (tertiary/aromatic N) is 3. The summed E-state index contributed by atoms with van der Waals surface area (Å²) < 4.78 is 28.1. The van der Waals surface area contributed by atoms with Crippen molar-refractivity contribution in [1.29, 1.82) is 0 Å². The molecule has 3 rings (SSSR count). The molecule has 0 unspecified atom stereocenters. The summed E-state index contributed by atoms with van der Waals surface area (Å²) in [5, 5.41) is 2.95. The molecule has 1 fully saturated rings. The van der Waals surface area contributed by atoms with Crippen LogP contribution in [0, 0.1) is 13.8 Å². The number of amides is 1. The summed E-state index contributed by atoms with van der Waals surface area (Å²) in [6, 6.07) is 14.1. The van der Waals surface area contributed by atoms with Crippen LogP contribution in [0.5, 0.6) is 0 Å². The Labute approximate surface area is 198 Å². The molecule has 2 aromatic rings. The third kappa shape index (κ3) is 7.28. The Balaban J connectivity index is 1.58. The van der Waals surface area contributed by atoms with Gasteiger partial charge in [-0.1, -0.05) is 35.4 Å². The number of carbonyl (C=O) groups excluding carboxylic acids is 1. The van der Waals surface area contributed by atoms with Gasteiger partial charge in [-0.25, -0.2) is 8.42 Å². The summed E-state index contributed by atoms with van der Waals surface area (Å²) in [5.74, 6) is -0.135. The Morgan fingerprint density at radius 3 is 2.12 bits per heavy atom. The average Bonchev–Trinajstić information content (AvgIpc) is 2.79. The topological polar surface area (TPSA) is 73.0 Å². The van der Waals surface area contributed by atoms with Crippen molar-refractivity contribution in [2.75, 3.05) is 57.2 Å². The van der Waals surface area contributed by atoms with Gasteiger partial charge in [0.1, 0.15) is 0 Å². The second kappa shape index (κ2) is 11.6. The zero-order chi connectivity index (χ0) is 23.8. The second-order valence-electron chi connectivity index (χ2n) is 8.82. The van der Waals surface area contributed by atoms with E-state index in [1.807, 2.05) is 26.0 Å². The summed E-state index contributed by atoms with van der Waals surface area (Å²) in [5.41, 5.74) is 2.60. The molecular weight excluding hydrogens is 436 g/mol. The van der Waals surface area contributed by atoms with Crippen molar-refractivity contribution in [3.05, 3.63) is 59.7 Å². The SMILES string of the molecule is Cc1ccc(N(CCC(=O)NCCCN2CCN(C)CC2)S(=O)(=O)c2ccc(C)cc2)cc1. The van der Waals surface area contributed by atoms with Crippen LogP contribution >= 0.6 is 0 Å². The standard InChI is InChI=1S/C25H36N4O3S/c1-21-5-9-23(10-6-21)29(33(31,32)24-11-7-22(2)8-12-24)16-13-25(30)26-14-4-15-28-19-17-27(3)18-20-28/h5-12H,4,13-20H2,1-3H3,(H,26,30). The highest BCUT2D eigenvalue weighted by Gasteiger charge is 2.25. The quantitative estimate of drug-likeness (QED) is 0.538. The molecule has 1 heterocycles. The minimum atomic E-state index is -3.78. The molecule has 0 spiro atoms. The highest BCUT2D eigenvalue weighted by Crippen LogP contribution is 2.24. The maximum absolute atomic E-state index is 13.4. The van der Waals surface area contributed by atoms with Crippen molar-refractivity contribution in [2.45, 2.75) is 31.6 Å². The molecule has 8 heteroatoms. The van der Waals surface area contributed by atoms with Crippen LogP contribution in [-0.2, 0) is 14.8 Å². The highest BCUT2D eigenvalue weighted by molar-refractivity contribution is 7.92. The third-order valence-corrected chi connectivity index (χ3v) is 7.88. The molecule has 180 valence electrons. The van der Waals surface area contributed by atoms with E-state index in [0.717, 1.165) is 50.3 Å². The number of hydrogen-bond donors (Lipinski definition) is 1. The van der Waals surface area contributed by atoms with Crippen LogP contribution in [0.3, 0.4) is 0 Å². The number of anilines is 1. The fourth-order valence-corrected chi connectivity index (χ4v) is 5.30. The molecule has 33 heavy (non-hydrogen) atoms. The fourth-order valence-electron chi connectivity index (χ4n) is 3.83. The van der Waals surface area contributed by atoms with E-state index >= 15 is 0 Å². The summed E-state index contributed by atoms with van der Waals surface area (Å²) in [6.07, 6.45) is 0.992. The first kappa shape index (κ1) is 25.2. The molecular formula is C25H36N4O3S. The Morgan fingerprint density at radius 1 is 0.939 bits per heavy atom. The van der Waals surface area contributed by atoms with Gasteiger partial charge in [-0.15, -0.1) is 0 Å². The zero-order valence-electron chi connectivity index (χ0n) is 20.0. The molecule has 7 nitrogen and oxygen atoms in total. The van der Waals surface area contributed by atoms with Crippen LogP contribution in [0.4, 0.5) is 5.69 Å². The van der Waals surface area contributed by atoms with Gasteiger partial charge in [0.2, 0.25) is 5.91 Å². The van der Waals surface area contributed by atoms with Crippen molar-refractivity contribution in [2.24, 2.45) is 0 Å². The maximum atomic E-state index is 13.4. The lowest BCUT2D eigenvalue weighted by molar-refractivity contribution is -0.120. The molecule has 1 N–H and O–H groups in total. The summed E-state index contributed by atoms with van der Waals surface area (Å²) in [7, 11) is -1.65. The minimum Gasteiger partial charge on any atom is -0.356 e. The predicted octanol–water partition coefficient (Wildman–Crippen LogP) is 2.64. The number of benzene rings is 2. The molecule has 0 aliphatic carbocycles. The van der Waals surface area contributed by atoms with Crippen LogP contribution in [0.25, 0.3) is 0 Å². The van der Waals surface area contributed by atoms with Gasteiger partial charge in [0.25, 0.3) is 10.0 Å². The summed E-state index contributed by atoms with van der Waals surface area (Å²) >= 11 is 0. The normalized spacial score (nSPS) is 15.4. The lowest BCUT2D eigenvalue weighted by atomic mass is 10.2. The van der Waals surface area contributed by atoms with Gasteiger partial charge in [0.15, 0.2) is 0 Å². The number of nitrogens with one attached hydrogen (secondary N) is 1. The van der Waals surface area contributed by atoms with Gasteiger partial charge in [-0.2, -0.15) is 0 Å². The Hall–Kier alpha value is -2.42. The number of aryl methyl sites for hydroxylation is 2. The van der Waals surface area contributed by atoms with Crippen molar-refractivity contribution in [3.8, 4) is 0 Å². The van der Waals surface area contributed by atoms with Crippen LogP contribution in [0.1, 0.15) is 24.0 Å². The van der Waals surface area contributed by atoms with Gasteiger partial charge in [0.05, 0.1) is 10.6 Å². The number of sulfonamides is 1. The van der Waals surface area contributed by atoms with E-state index in [-0.39, 0.29) is 23.8 Å². The van der Waals surface area contributed by atoms with E-state index in [2.05, 4.69) is 22.2 Å². The molecule has 1 saturated heterocycles. The monoisotopic (exact) mass is 472 g/mol. The molecule has 0 atom stereocenters. The summed E-state index contributed by atoms with van der Waals surface area (Å²) in [6.45, 7) is 9.81. The first-order valence-electron chi connectivity index (χ1n) is 11.6. The third-order valence-electron chi connectivity index (χ3n) is 6.04. The van der Waals surface area contributed by atoms with Crippen molar-refractivity contribution < 1.29 is 13.2 Å². The van der Waals surface area contributed by atoms with Gasteiger partial charge in [0, 0.05) is 45.7 Å². The lowest BCUT2D eigenvalue weighted by Gasteiger charge is -2.32. The summed E-state index contributed by atoms with van der Waals surface area (Å²) in [4.78, 5) is 17.4. The fraction of sp³-hybridized carbons (Fsp3) is 0.480. The zero-order valence-corrected chi connectivity index (χ0v) is 20.8. The van der Waals surface area contributed by atoms with Gasteiger partial charge in [-0.05, 0) is 58.1 Å². The van der Waals surface area contributed by atoms with E-state index in [1.54, 1.807) is 36.4 Å². The molecule has 1 aliphatic heterocycles. The Bertz CT molecular complexity index is 999. The van der Waals surface area contributed by atoms with Gasteiger partial charge >= 0.3 is 0 Å². The first-order chi connectivity index (χ1) is 15.8. The molecule has 2 aromatic carbocycles. The number of hydrogen-bond acceptors (Lipinski definition) is 5. The van der Waals surface area contributed by atoms with Crippen LogP contribution < -0.4 is 9.62 Å². The van der Waals surface area contributed by atoms with E-state index in [0.29, 0.717) is 12.2 Å². The smallest absolute Gasteiger partial charge is 0.264 e. The van der Waals surface area contributed by atoms with Crippen molar-refractivity contribution in [3.63, 3.8) is 0 Å². The van der Waals surface area contributed by atoms with Crippen molar-refractivity contribution >= 4 is 21.6 Å². The molecule has 1 aliphatic rings. The van der Waals surface area contributed by atoms with E-state index in [9.17, 15) is 13.2 Å². The number of piperazine rings is 1. The highest BCUT2D eigenvalue weighted by atomic mass is 32.2. The van der Waals surface area contributed by atoms with Crippen LogP contribution in [-0.4, -0.2) is 77.0 Å².